The molecule has 78 valence electrons. The van der Waals surface area contributed by atoms with Crippen molar-refractivity contribution in [1.82, 2.24) is 9.97 Å². The Labute approximate surface area is 103 Å². The average Bonchev–Trinajstić information content (AvgIpc) is 2.20. The van der Waals surface area contributed by atoms with Crippen LogP contribution in [0, 0.1) is 3.57 Å². The van der Waals surface area contributed by atoms with E-state index in [0.717, 1.165) is 22.4 Å². The summed E-state index contributed by atoms with van der Waals surface area (Å²) in [5.74, 6) is 0.939. The summed E-state index contributed by atoms with van der Waals surface area (Å²) in [6.45, 7) is 3.20. The zero-order valence-electron chi connectivity index (χ0n) is 8.33. The zero-order chi connectivity index (χ0) is 10.4. The fourth-order valence-corrected chi connectivity index (χ4v) is 1.80. The van der Waals surface area contributed by atoms with Gasteiger partial charge in [-0.1, -0.05) is 6.92 Å². The van der Waals surface area contributed by atoms with Gasteiger partial charge in [-0.15, -0.1) is 0 Å². The second-order valence-corrected chi connectivity index (χ2v) is 5.42. The van der Waals surface area contributed by atoms with Crippen LogP contribution >= 0.6 is 34.4 Å². The first-order valence-corrected chi connectivity index (χ1v) is 6.83. The van der Waals surface area contributed by atoms with Crippen LogP contribution in [-0.4, -0.2) is 28.0 Å². The maximum atomic E-state index is 4.16. The number of hydrogen-bond acceptors (Lipinski definition) is 4. The first-order valence-electron chi connectivity index (χ1n) is 4.46. The molecule has 0 aliphatic rings. The molecule has 14 heavy (non-hydrogen) atoms. The number of aromatic nitrogens is 2. The van der Waals surface area contributed by atoms with E-state index in [1.807, 2.05) is 18.0 Å². The minimum absolute atomic E-state index is 0.696. The van der Waals surface area contributed by atoms with Crippen LogP contribution in [0.2, 0.25) is 0 Å². The normalized spacial score (nSPS) is 12.5. The van der Waals surface area contributed by atoms with Gasteiger partial charge in [0.1, 0.15) is 12.1 Å². The molecule has 0 aromatic carbocycles. The van der Waals surface area contributed by atoms with Gasteiger partial charge in [0, 0.05) is 18.0 Å². The summed E-state index contributed by atoms with van der Waals surface area (Å²) in [5, 5.41) is 4.00. The van der Waals surface area contributed by atoms with E-state index in [2.05, 4.69) is 51.1 Å². The van der Waals surface area contributed by atoms with E-state index in [4.69, 9.17) is 0 Å². The van der Waals surface area contributed by atoms with Crippen molar-refractivity contribution in [1.29, 1.82) is 0 Å². The van der Waals surface area contributed by atoms with Gasteiger partial charge < -0.3 is 5.32 Å². The van der Waals surface area contributed by atoms with Gasteiger partial charge in [0.05, 0.1) is 3.57 Å². The molecule has 0 bridgehead atoms. The quantitative estimate of drug-likeness (QED) is 0.846. The highest BCUT2D eigenvalue weighted by molar-refractivity contribution is 14.1. The summed E-state index contributed by atoms with van der Waals surface area (Å²) in [5.41, 5.74) is 0. The van der Waals surface area contributed by atoms with E-state index >= 15 is 0 Å². The molecule has 0 aliphatic heterocycles. The second kappa shape index (κ2) is 6.44. The van der Waals surface area contributed by atoms with Gasteiger partial charge in [-0.05, 0) is 35.3 Å². The molecule has 0 saturated carbocycles. The van der Waals surface area contributed by atoms with E-state index in [1.165, 1.54) is 0 Å². The molecule has 0 fully saturated rings. The lowest BCUT2D eigenvalue weighted by Gasteiger charge is -2.09. The third-order valence-corrected chi connectivity index (χ3v) is 3.74. The van der Waals surface area contributed by atoms with Crippen LogP contribution in [0.1, 0.15) is 13.3 Å². The lowest BCUT2D eigenvalue weighted by Crippen LogP contribution is -2.09. The predicted molar refractivity (Wildman–Crippen MR) is 70.8 cm³/mol. The number of thioether (sulfide) groups is 1. The predicted octanol–water partition coefficient (Wildman–Crippen LogP) is 2.63. The Morgan fingerprint density at radius 1 is 1.64 bits per heavy atom. The molecule has 0 spiro atoms. The minimum atomic E-state index is 0.696. The molecule has 1 aromatic rings. The Morgan fingerprint density at radius 3 is 3.07 bits per heavy atom. The standard InChI is InChI=1S/C9H14IN3S/c1-7(14-2)3-4-12-9-8(10)5-11-6-13-9/h5-7H,3-4H2,1-2H3,(H,11,12,13). The summed E-state index contributed by atoms with van der Waals surface area (Å²) in [6.07, 6.45) is 6.68. The van der Waals surface area contributed by atoms with Crippen LogP contribution in [0.15, 0.2) is 12.5 Å². The van der Waals surface area contributed by atoms with Gasteiger partial charge in [-0.2, -0.15) is 11.8 Å². The number of nitrogens with zero attached hydrogens (tertiary/aromatic N) is 2. The molecule has 1 N–H and O–H groups in total. The molecule has 3 nitrogen and oxygen atoms in total. The molecule has 1 atom stereocenters. The number of halogens is 1. The van der Waals surface area contributed by atoms with Gasteiger partial charge in [-0.25, -0.2) is 9.97 Å². The molecule has 1 unspecified atom stereocenters. The van der Waals surface area contributed by atoms with Crippen LogP contribution in [0.5, 0.6) is 0 Å². The lowest BCUT2D eigenvalue weighted by molar-refractivity contribution is 0.848. The van der Waals surface area contributed by atoms with Crippen LogP contribution in [0.3, 0.4) is 0 Å². The Hall–Kier alpha value is -0.0400. The largest absolute Gasteiger partial charge is 0.369 e. The summed E-state index contributed by atoms with van der Waals surface area (Å²) >= 11 is 4.12. The number of anilines is 1. The molecule has 0 amide bonds. The van der Waals surface area contributed by atoms with Gasteiger partial charge >= 0.3 is 0 Å². The van der Waals surface area contributed by atoms with Crippen molar-refractivity contribution in [2.24, 2.45) is 0 Å². The lowest BCUT2D eigenvalue weighted by atomic mass is 10.3. The van der Waals surface area contributed by atoms with Crippen LogP contribution < -0.4 is 5.32 Å². The van der Waals surface area contributed by atoms with Crippen molar-refractivity contribution in [3.8, 4) is 0 Å². The Bertz CT molecular complexity index is 283. The molecule has 0 radical (unpaired) electrons. The fraction of sp³-hybridized carbons (Fsp3) is 0.556. The van der Waals surface area contributed by atoms with Crippen molar-refractivity contribution >= 4 is 40.2 Å². The monoisotopic (exact) mass is 323 g/mol. The number of hydrogen-bond donors (Lipinski definition) is 1. The molecule has 0 saturated heterocycles. The Kier molecular flexibility index (Phi) is 5.54. The first kappa shape index (κ1) is 12.0. The van der Waals surface area contributed by atoms with Crippen molar-refractivity contribution in [3.63, 3.8) is 0 Å². The van der Waals surface area contributed by atoms with Crippen molar-refractivity contribution < 1.29 is 0 Å². The van der Waals surface area contributed by atoms with Gasteiger partial charge in [0.25, 0.3) is 0 Å². The highest BCUT2D eigenvalue weighted by atomic mass is 127. The average molecular weight is 323 g/mol. The molecular weight excluding hydrogens is 309 g/mol. The third-order valence-electron chi connectivity index (χ3n) is 1.91. The third kappa shape index (κ3) is 4.00. The van der Waals surface area contributed by atoms with E-state index in [-0.39, 0.29) is 0 Å². The topological polar surface area (TPSA) is 37.8 Å². The number of nitrogens with one attached hydrogen (secondary N) is 1. The van der Waals surface area contributed by atoms with Crippen LogP contribution in [0.4, 0.5) is 5.82 Å². The second-order valence-electron chi connectivity index (χ2n) is 2.98. The van der Waals surface area contributed by atoms with Crippen molar-refractivity contribution in [2.75, 3.05) is 18.1 Å². The highest BCUT2D eigenvalue weighted by Gasteiger charge is 2.01. The number of rotatable bonds is 5. The van der Waals surface area contributed by atoms with Gasteiger partial charge in [0.15, 0.2) is 0 Å². The molecular formula is C9H14IN3S. The molecule has 0 aliphatic carbocycles. The smallest absolute Gasteiger partial charge is 0.142 e. The Morgan fingerprint density at radius 2 is 2.43 bits per heavy atom. The van der Waals surface area contributed by atoms with E-state index in [0.29, 0.717) is 5.25 Å². The SMILES string of the molecule is CSC(C)CCNc1ncncc1I. The van der Waals surface area contributed by atoms with Crippen LogP contribution in [-0.2, 0) is 0 Å². The summed E-state index contributed by atoms with van der Waals surface area (Å²) < 4.78 is 1.07. The van der Waals surface area contributed by atoms with Gasteiger partial charge in [-0.3, -0.25) is 0 Å². The van der Waals surface area contributed by atoms with E-state index in [1.54, 1.807) is 6.33 Å². The maximum absolute atomic E-state index is 4.16. The fourth-order valence-electron chi connectivity index (χ4n) is 0.954. The first-order chi connectivity index (χ1) is 6.74. The van der Waals surface area contributed by atoms with Gasteiger partial charge in [0.2, 0.25) is 0 Å². The minimum Gasteiger partial charge on any atom is -0.369 e. The summed E-state index contributed by atoms with van der Waals surface area (Å²) in [6, 6.07) is 0. The Balaban J connectivity index is 2.35. The molecule has 1 rings (SSSR count). The van der Waals surface area contributed by atoms with Crippen molar-refractivity contribution in [3.05, 3.63) is 16.1 Å². The summed E-state index contributed by atoms with van der Waals surface area (Å²) in [7, 11) is 0. The van der Waals surface area contributed by atoms with E-state index < -0.39 is 0 Å². The van der Waals surface area contributed by atoms with Crippen molar-refractivity contribution in [2.45, 2.75) is 18.6 Å². The molecule has 1 heterocycles. The summed E-state index contributed by atoms with van der Waals surface area (Å²) in [4.78, 5) is 8.11. The molecule has 5 heteroatoms. The highest BCUT2D eigenvalue weighted by Crippen LogP contribution is 2.14. The maximum Gasteiger partial charge on any atom is 0.142 e. The molecule has 1 aromatic heterocycles. The van der Waals surface area contributed by atoms with E-state index in [9.17, 15) is 0 Å². The zero-order valence-corrected chi connectivity index (χ0v) is 11.3. The van der Waals surface area contributed by atoms with Crippen LogP contribution in [0.25, 0.3) is 0 Å².